The zero-order valence-corrected chi connectivity index (χ0v) is 12.9. The molecular weight excluding hydrogens is 304 g/mol. The van der Waals surface area contributed by atoms with Gasteiger partial charge in [-0.3, -0.25) is 14.8 Å². The van der Waals surface area contributed by atoms with Crippen LogP contribution in [-0.4, -0.2) is 20.7 Å². The van der Waals surface area contributed by atoms with Crippen molar-refractivity contribution >= 4 is 33.7 Å². The highest BCUT2D eigenvalue weighted by Gasteiger charge is 2.24. The van der Waals surface area contributed by atoms with Gasteiger partial charge in [-0.2, -0.15) is 5.10 Å². The van der Waals surface area contributed by atoms with E-state index in [1.165, 1.54) is 21.9 Å². The molecule has 0 aromatic carbocycles. The van der Waals surface area contributed by atoms with Crippen molar-refractivity contribution in [2.24, 2.45) is 7.05 Å². The van der Waals surface area contributed by atoms with Crippen molar-refractivity contribution in [3.8, 4) is 11.3 Å². The largest absolute Gasteiger partial charge is 0.297 e. The lowest BCUT2D eigenvalue weighted by Gasteiger charge is -2.10. The number of anilines is 1. The molecule has 1 aliphatic carbocycles. The average molecular weight is 316 g/mol. The summed E-state index contributed by atoms with van der Waals surface area (Å²) in [6, 6.07) is 3.68. The molecule has 4 rings (SSSR count). The van der Waals surface area contributed by atoms with E-state index in [1.807, 2.05) is 35.4 Å². The first-order chi connectivity index (χ1) is 10.2. The molecule has 0 unspecified atom stereocenters. The van der Waals surface area contributed by atoms with Gasteiger partial charge < -0.3 is 0 Å². The highest BCUT2D eigenvalue weighted by Crippen LogP contribution is 2.37. The normalized spacial score (nSPS) is 12.8. The average Bonchev–Trinajstić information content (AvgIpc) is 3.17. The van der Waals surface area contributed by atoms with Gasteiger partial charge in [-0.25, -0.2) is 4.98 Å². The number of amides is 1. The number of carbonyl (C=O) groups is 1. The van der Waals surface area contributed by atoms with Crippen molar-refractivity contribution in [3.05, 3.63) is 39.2 Å². The van der Waals surface area contributed by atoms with Gasteiger partial charge in [-0.1, -0.05) is 6.07 Å². The number of fused-ring (bicyclic) bond motifs is 3. The topological polar surface area (TPSA) is 59.8 Å². The number of carbonyl (C=O) groups excluding carboxylic acids is 1. The molecule has 0 bridgehead atoms. The van der Waals surface area contributed by atoms with Crippen LogP contribution in [0, 0.1) is 0 Å². The van der Waals surface area contributed by atoms with E-state index in [9.17, 15) is 4.79 Å². The lowest BCUT2D eigenvalue weighted by molar-refractivity contribution is 0.103. The summed E-state index contributed by atoms with van der Waals surface area (Å²) < 4.78 is 1.90. The van der Waals surface area contributed by atoms with E-state index in [-0.39, 0.29) is 5.91 Å². The summed E-state index contributed by atoms with van der Waals surface area (Å²) in [6.07, 6.45) is 3.78. The molecular formula is C14H12N4OS2. The number of rotatable bonds is 2. The summed E-state index contributed by atoms with van der Waals surface area (Å²) in [6.45, 7) is 0. The predicted octanol–water partition coefficient (Wildman–Crippen LogP) is 2.96. The van der Waals surface area contributed by atoms with Crippen LogP contribution in [0.5, 0.6) is 0 Å². The van der Waals surface area contributed by atoms with Crippen molar-refractivity contribution in [1.82, 2.24) is 14.8 Å². The molecule has 1 N–H and O–H groups in total. The maximum Gasteiger partial charge on any atom is 0.267 e. The van der Waals surface area contributed by atoms with Crippen LogP contribution in [0.1, 0.15) is 20.2 Å². The number of thiophene rings is 1. The molecule has 0 saturated heterocycles. The van der Waals surface area contributed by atoms with Crippen LogP contribution in [0.4, 0.5) is 5.13 Å². The first-order valence-electron chi connectivity index (χ1n) is 6.58. The Labute approximate surface area is 129 Å². The minimum atomic E-state index is -0.0949. The number of nitrogens with zero attached hydrogens (tertiary/aromatic N) is 3. The van der Waals surface area contributed by atoms with Crippen LogP contribution in [0.3, 0.4) is 0 Å². The third-order valence-electron chi connectivity index (χ3n) is 3.57. The number of thiazole rings is 1. The molecule has 1 aliphatic rings. The highest BCUT2D eigenvalue weighted by molar-refractivity contribution is 7.16. The van der Waals surface area contributed by atoms with Gasteiger partial charge in [0.1, 0.15) is 0 Å². The summed E-state index contributed by atoms with van der Waals surface area (Å²) in [4.78, 5) is 18.6. The Morgan fingerprint density at radius 3 is 3.14 bits per heavy atom. The molecule has 3 aromatic heterocycles. The first kappa shape index (κ1) is 12.7. The number of hydrogen-bond donors (Lipinski definition) is 1. The van der Waals surface area contributed by atoms with Gasteiger partial charge in [0.2, 0.25) is 0 Å². The summed E-state index contributed by atoms with van der Waals surface area (Å²) >= 11 is 2.99. The molecule has 0 fully saturated rings. The van der Waals surface area contributed by atoms with Crippen LogP contribution in [0.15, 0.2) is 23.7 Å². The van der Waals surface area contributed by atoms with Crippen molar-refractivity contribution in [2.45, 2.75) is 12.8 Å². The predicted molar refractivity (Wildman–Crippen MR) is 84.0 cm³/mol. The van der Waals surface area contributed by atoms with Gasteiger partial charge >= 0.3 is 0 Å². The fourth-order valence-corrected chi connectivity index (χ4v) is 4.13. The molecule has 106 valence electrons. The van der Waals surface area contributed by atoms with E-state index in [2.05, 4.69) is 15.4 Å². The quantitative estimate of drug-likeness (QED) is 0.791. The van der Waals surface area contributed by atoms with E-state index in [4.69, 9.17) is 0 Å². The smallest absolute Gasteiger partial charge is 0.267 e. The van der Waals surface area contributed by atoms with Crippen molar-refractivity contribution < 1.29 is 4.79 Å². The number of aromatic nitrogens is 3. The Balaban J connectivity index is 1.66. The van der Waals surface area contributed by atoms with Crippen LogP contribution >= 0.6 is 22.7 Å². The third-order valence-corrected chi connectivity index (χ3v) is 5.47. The standard InChI is InChI=1S/C14H12N4OS2/c1-18-9-4-5-10-12(8(9)7-15-18)16-14(21-10)17-13(19)11-3-2-6-20-11/h2-3,6-7H,4-5H2,1H3,(H,16,17,19). The Morgan fingerprint density at radius 1 is 1.43 bits per heavy atom. The molecule has 1 amide bonds. The van der Waals surface area contributed by atoms with E-state index in [0.29, 0.717) is 10.0 Å². The number of aryl methyl sites for hydroxylation is 2. The summed E-state index contributed by atoms with van der Waals surface area (Å²) in [5.41, 5.74) is 3.27. The maximum absolute atomic E-state index is 12.1. The zero-order chi connectivity index (χ0) is 14.4. The third kappa shape index (κ3) is 2.09. The molecule has 5 nitrogen and oxygen atoms in total. The molecule has 3 heterocycles. The Bertz CT molecular complexity index is 816. The van der Waals surface area contributed by atoms with E-state index < -0.39 is 0 Å². The lowest BCUT2D eigenvalue weighted by Crippen LogP contribution is -2.09. The SMILES string of the molecule is Cn1ncc2c1CCc1sc(NC(=O)c3cccs3)nc1-2. The molecule has 3 aromatic rings. The van der Waals surface area contributed by atoms with Gasteiger partial charge in [0.25, 0.3) is 5.91 Å². The van der Waals surface area contributed by atoms with Crippen LogP contribution in [0.2, 0.25) is 0 Å². The Hall–Kier alpha value is -1.99. The van der Waals surface area contributed by atoms with Gasteiger partial charge in [-0.15, -0.1) is 22.7 Å². The Morgan fingerprint density at radius 2 is 2.33 bits per heavy atom. The summed E-state index contributed by atoms with van der Waals surface area (Å²) in [7, 11) is 1.95. The van der Waals surface area contributed by atoms with Crippen molar-refractivity contribution in [3.63, 3.8) is 0 Å². The minimum Gasteiger partial charge on any atom is -0.297 e. The minimum absolute atomic E-state index is 0.0949. The Kier molecular flexibility index (Phi) is 2.90. The van der Waals surface area contributed by atoms with Gasteiger partial charge in [-0.05, 0) is 24.3 Å². The summed E-state index contributed by atoms with van der Waals surface area (Å²) in [5, 5.41) is 9.75. The fraction of sp³-hybridized carbons (Fsp3) is 0.214. The van der Waals surface area contributed by atoms with Gasteiger partial charge in [0.15, 0.2) is 5.13 Å². The van der Waals surface area contributed by atoms with Crippen LogP contribution in [0.25, 0.3) is 11.3 Å². The molecule has 0 aliphatic heterocycles. The van der Waals surface area contributed by atoms with Crippen LogP contribution < -0.4 is 5.32 Å². The number of hydrogen-bond acceptors (Lipinski definition) is 5. The second kappa shape index (κ2) is 4.78. The molecule has 0 saturated carbocycles. The van der Waals surface area contributed by atoms with Gasteiger partial charge in [0, 0.05) is 23.2 Å². The molecule has 0 radical (unpaired) electrons. The maximum atomic E-state index is 12.1. The van der Waals surface area contributed by atoms with E-state index >= 15 is 0 Å². The second-order valence-corrected chi connectivity index (χ2v) is 6.88. The van der Waals surface area contributed by atoms with Crippen LogP contribution in [-0.2, 0) is 19.9 Å². The fourth-order valence-electron chi connectivity index (χ4n) is 2.54. The van der Waals surface area contributed by atoms with E-state index in [1.54, 1.807) is 11.3 Å². The number of nitrogens with one attached hydrogen (secondary N) is 1. The summed E-state index contributed by atoms with van der Waals surface area (Å²) in [5.74, 6) is -0.0949. The molecule has 0 atom stereocenters. The first-order valence-corrected chi connectivity index (χ1v) is 8.28. The lowest BCUT2D eigenvalue weighted by atomic mass is 10.0. The second-order valence-electron chi connectivity index (χ2n) is 4.85. The highest BCUT2D eigenvalue weighted by atomic mass is 32.1. The zero-order valence-electron chi connectivity index (χ0n) is 11.3. The van der Waals surface area contributed by atoms with Crippen molar-refractivity contribution in [1.29, 1.82) is 0 Å². The van der Waals surface area contributed by atoms with E-state index in [0.717, 1.165) is 24.1 Å². The molecule has 21 heavy (non-hydrogen) atoms. The molecule has 0 spiro atoms. The van der Waals surface area contributed by atoms with Crippen molar-refractivity contribution in [2.75, 3.05) is 5.32 Å². The molecule has 7 heteroatoms. The monoisotopic (exact) mass is 316 g/mol. The van der Waals surface area contributed by atoms with Gasteiger partial charge in [0.05, 0.1) is 16.8 Å².